The lowest BCUT2D eigenvalue weighted by molar-refractivity contribution is -0.141. The first kappa shape index (κ1) is 10.0. The second-order valence-electron chi connectivity index (χ2n) is 3.84. The van der Waals surface area contributed by atoms with E-state index in [1.54, 1.807) is 17.8 Å². The van der Waals surface area contributed by atoms with Gasteiger partial charge in [0.05, 0.1) is 18.7 Å². The highest BCUT2D eigenvalue weighted by Gasteiger charge is 2.20. The monoisotopic (exact) mass is 210 g/mol. The van der Waals surface area contributed by atoms with E-state index in [2.05, 4.69) is 5.10 Å². The van der Waals surface area contributed by atoms with E-state index in [1.165, 1.54) is 0 Å². The van der Waals surface area contributed by atoms with Crippen molar-refractivity contribution in [2.24, 2.45) is 5.92 Å². The lowest BCUT2D eigenvalue weighted by atomic mass is 10.0. The van der Waals surface area contributed by atoms with Gasteiger partial charge in [-0.05, 0) is 6.42 Å². The van der Waals surface area contributed by atoms with Gasteiger partial charge in [0, 0.05) is 18.5 Å². The van der Waals surface area contributed by atoms with Crippen LogP contribution < -0.4 is 4.74 Å². The average molecular weight is 210 g/mol. The summed E-state index contributed by atoms with van der Waals surface area (Å²) in [6.45, 7) is 3.24. The molecule has 1 aliphatic rings. The first-order valence-corrected chi connectivity index (χ1v) is 5.09. The molecular weight excluding hydrogens is 196 g/mol. The molecule has 2 rings (SSSR count). The topological polar surface area (TPSA) is 64.4 Å². The van der Waals surface area contributed by atoms with Crippen LogP contribution in [0.5, 0.6) is 5.88 Å². The van der Waals surface area contributed by atoms with E-state index in [9.17, 15) is 4.79 Å². The van der Waals surface area contributed by atoms with Crippen LogP contribution in [0.3, 0.4) is 0 Å². The molecule has 0 saturated carbocycles. The lowest BCUT2D eigenvalue weighted by Gasteiger charge is -2.16. The number of aliphatic carboxylic acids is 1. The van der Waals surface area contributed by atoms with Gasteiger partial charge in [0.15, 0.2) is 0 Å². The molecule has 5 nitrogen and oxygen atoms in total. The Morgan fingerprint density at radius 3 is 3.33 bits per heavy atom. The molecule has 1 unspecified atom stereocenters. The standard InChI is InChI=1S/C10H14N2O3/c1-7(10(13)14)5-8-6-11-12-3-2-4-15-9(8)12/h6-7H,2-5H2,1H3,(H,13,14). The molecule has 0 bridgehead atoms. The molecule has 1 aromatic rings. The van der Waals surface area contributed by atoms with Crippen LogP contribution in [0, 0.1) is 5.92 Å². The van der Waals surface area contributed by atoms with E-state index < -0.39 is 11.9 Å². The predicted octanol–water partition coefficient (Wildman–Crippen LogP) is 0.929. The summed E-state index contributed by atoms with van der Waals surface area (Å²) in [5, 5.41) is 13.0. The smallest absolute Gasteiger partial charge is 0.306 e. The molecule has 0 aliphatic carbocycles. The summed E-state index contributed by atoms with van der Waals surface area (Å²) in [6.07, 6.45) is 3.15. The fourth-order valence-electron chi connectivity index (χ4n) is 1.68. The SMILES string of the molecule is CC(Cc1cnn2c1OCCC2)C(=O)O. The molecule has 0 spiro atoms. The molecule has 15 heavy (non-hydrogen) atoms. The Labute approximate surface area is 87.7 Å². The van der Waals surface area contributed by atoms with Crippen molar-refractivity contribution >= 4 is 5.97 Å². The van der Waals surface area contributed by atoms with Crippen LogP contribution in [0.2, 0.25) is 0 Å². The summed E-state index contributed by atoms with van der Waals surface area (Å²) in [6, 6.07) is 0. The van der Waals surface area contributed by atoms with Gasteiger partial charge < -0.3 is 9.84 Å². The van der Waals surface area contributed by atoms with E-state index in [4.69, 9.17) is 9.84 Å². The summed E-state index contributed by atoms with van der Waals surface area (Å²) < 4.78 is 7.28. The van der Waals surface area contributed by atoms with Crippen LogP contribution in [0.4, 0.5) is 0 Å². The Balaban J connectivity index is 2.15. The third-order valence-electron chi connectivity index (χ3n) is 2.56. The van der Waals surface area contributed by atoms with Crippen molar-refractivity contribution in [3.8, 4) is 5.88 Å². The van der Waals surface area contributed by atoms with Crippen molar-refractivity contribution < 1.29 is 14.6 Å². The number of carboxylic acids is 1. The molecule has 1 atom stereocenters. The van der Waals surface area contributed by atoms with Crippen LogP contribution in [0.15, 0.2) is 6.20 Å². The Bertz CT molecular complexity index is 373. The fraction of sp³-hybridized carbons (Fsp3) is 0.600. The van der Waals surface area contributed by atoms with E-state index in [0.29, 0.717) is 13.0 Å². The van der Waals surface area contributed by atoms with Crippen molar-refractivity contribution in [1.29, 1.82) is 0 Å². The molecule has 0 fully saturated rings. The van der Waals surface area contributed by atoms with E-state index in [0.717, 1.165) is 24.4 Å². The number of aromatic nitrogens is 2. The molecule has 0 aromatic carbocycles. The van der Waals surface area contributed by atoms with Gasteiger partial charge in [0.2, 0.25) is 5.88 Å². The van der Waals surface area contributed by atoms with Crippen molar-refractivity contribution in [2.45, 2.75) is 26.3 Å². The Morgan fingerprint density at radius 2 is 2.60 bits per heavy atom. The van der Waals surface area contributed by atoms with Gasteiger partial charge in [-0.15, -0.1) is 0 Å². The number of carbonyl (C=O) groups is 1. The molecule has 5 heteroatoms. The van der Waals surface area contributed by atoms with Gasteiger partial charge in [-0.2, -0.15) is 5.10 Å². The van der Waals surface area contributed by atoms with E-state index in [-0.39, 0.29) is 0 Å². The maximum atomic E-state index is 10.7. The molecule has 0 radical (unpaired) electrons. The zero-order valence-electron chi connectivity index (χ0n) is 8.64. The average Bonchev–Trinajstić information content (AvgIpc) is 2.62. The van der Waals surface area contributed by atoms with Gasteiger partial charge in [-0.1, -0.05) is 6.92 Å². The first-order chi connectivity index (χ1) is 7.18. The molecule has 2 heterocycles. The number of rotatable bonds is 3. The Hall–Kier alpha value is -1.52. The molecular formula is C10H14N2O3. The second kappa shape index (κ2) is 3.92. The first-order valence-electron chi connectivity index (χ1n) is 5.09. The number of hydrogen-bond acceptors (Lipinski definition) is 3. The largest absolute Gasteiger partial charge is 0.481 e. The number of nitrogens with zero attached hydrogens (tertiary/aromatic N) is 2. The van der Waals surface area contributed by atoms with E-state index in [1.807, 2.05) is 0 Å². The number of fused-ring (bicyclic) bond motifs is 1. The Morgan fingerprint density at radius 1 is 1.80 bits per heavy atom. The summed E-state index contributed by atoms with van der Waals surface area (Å²) in [5.74, 6) is -0.440. The van der Waals surface area contributed by atoms with Crippen LogP contribution in [0.25, 0.3) is 0 Å². The highest BCUT2D eigenvalue weighted by atomic mass is 16.5. The Kier molecular flexibility index (Phi) is 2.62. The highest BCUT2D eigenvalue weighted by Crippen LogP contribution is 2.24. The maximum absolute atomic E-state index is 10.7. The number of carboxylic acid groups (broad SMARTS) is 1. The van der Waals surface area contributed by atoms with Crippen LogP contribution >= 0.6 is 0 Å². The van der Waals surface area contributed by atoms with Gasteiger partial charge in [-0.3, -0.25) is 4.79 Å². The zero-order valence-corrected chi connectivity index (χ0v) is 8.64. The van der Waals surface area contributed by atoms with Gasteiger partial charge in [-0.25, -0.2) is 4.68 Å². The second-order valence-corrected chi connectivity index (χ2v) is 3.84. The zero-order chi connectivity index (χ0) is 10.8. The van der Waals surface area contributed by atoms with Crippen LogP contribution in [-0.2, 0) is 17.8 Å². The molecule has 0 amide bonds. The summed E-state index contributed by atoms with van der Waals surface area (Å²) in [5.41, 5.74) is 0.893. The molecule has 1 N–H and O–H groups in total. The van der Waals surface area contributed by atoms with Crippen molar-refractivity contribution in [3.05, 3.63) is 11.8 Å². The van der Waals surface area contributed by atoms with Crippen LogP contribution in [-0.4, -0.2) is 27.5 Å². The summed E-state index contributed by atoms with van der Waals surface area (Å²) in [4.78, 5) is 10.7. The highest BCUT2D eigenvalue weighted by molar-refractivity contribution is 5.70. The van der Waals surface area contributed by atoms with Gasteiger partial charge >= 0.3 is 5.97 Å². The molecule has 0 saturated heterocycles. The molecule has 82 valence electrons. The summed E-state index contributed by atoms with van der Waals surface area (Å²) >= 11 is 0. The third-order valence-corrected chi connectivity index (χ3v) is 2.56. The fourth-order valence-corrected chi connectivity index (χ4v) is 1.68. The molecule has 1 aromatic heterocycles. The minimum Gasteiger partial charge on any atom is -0.481 e. The number of ether oxygens (including phenoxy) is 1. The minimum absolute atomic E-state index is 0.399. The normalized spacial score (nSPS) is 16.6. The number of hydrogen-bond donors (Lipinski definition) is 1. The third kappa shape index (κ3) is 1.95. The predicted molar refractivity (Wildman–Crippen MR) is 52.8 cm³/mol. The maximum Gasteiger partial charge on any atom is 0.306 e. The quantitative estimate of drug-likeness (QED) is 0.806. The van der Waals surface area contributed by atoms with Crippen molar-refractivity contribution in [3.63, 3.8) is 0 Å². The van der Waals surface area contributed by atoms with Crippen molar-refractivity contribution in [2.75, 3.05) is 6.61 Å². The van der Waals surface area contributed by atoms with Gasteiger partial charge in [0.1, 0.15) is 0 Å². The lowest BCUT2D eigenvalue weighted by Crippen LogP contribution is -2.17. The minimum atomic E-state index is -0.786. The summed E-state index contributed by atoms with van der Waals surface area (Å²) in [7, 11) is 0. The van der Waals surface area contributed by atoms with E-state index >= 15 is 0 Å². The van der Waals surface area contributed by atoms with Crippen molar-refractivity contribution in [1.82, 2.24) is 9.78 Å². The number of aryl methyl sites for hydroxylation is 1. The molecule has 1 aliphatic heterocycles. The van der Waals surface area contributed by atoms with Crippen LogP contribution in [0.1, 0.15) is 18.9 Å². The van der Waals surface area contributed by atoms with Gasteiger partial charge in [0.25, 0.3) is 0 Å².